The van der Waals surface area contributed by atoms with Crippen molar-refractivity contribution in [2.24, 2.45) is 0 Å². The number of hydrogen-bond donors (Lipinski definition) is 1. The summed E-state index contributed by atoms with van der Waals surface area (Å²) in [4.78, 5) is 10.7. The quantitative estimate of drug-likeness (QED) is 0.399. The standard InChI is InChI=1S/C7H11ClO3/c1-5(2)6(9)11-4-7(3,8)10/h10H,1,4H2,2-3H3. The number of carbonyl (C=O) groups is 1. The lowest BCUT2D eigenvalue weighted by Crippen LogP contribution is -2.25. The van der Waals surface area contributed by atoms with Crippen LogP contribution in [0, 0.1) is 0 Å². The van der Waals surface area contributed by atoms with Crippen molar-refractivity contribution in [3.63, 3.8) is 0 Å². The van der Waals surface area contributed by atoms with Gasteiger partial charge in [0.25, 0.3) is 0 Å². The van der Waals surface area contributed by atoms with Crippen molar-refractivity contribution in [3.05, 3.63) is 12.2 Å². The van der Waals surface area contributed by atoms with Gasteiger partial charge in [-0.2, -0.15) is 0 Å². The molecule has 0 aromatic heterocycles. The van der Waals surface area contributed by atoms with Gasteiger partial charge < -0.3 is 9.84 Å². The van der Waals surface area contributed by atoms with Crippen molar-refractivity contribution >= 4 is 17.6 Å². The van der Waals surface area contributed by atoms with Gasteiger partial charge in [-0.15, -0.1) is 0 Å². The van der Waals surface area contributed by atoms with E-state index in [-0.39, 0.29) is 12.2 Å². The van der Waals surface area contributed by atoms with Crippen molar-refractivity contribution in [2.75, 3.05) is 6.61 Å². The summed E-state index contributed by atoms with van der Waals surface area (Å²) in [5.74, 6) is -0.550. The number of alkyl halides is 1. The van der Waals surface area contributed by atoms with E-state index in [1.165, 1.54) is 13.8 Å². The molecule has 0 radical (unpaired) electrons. The third-order valence-corrected chi connectivity index (χ3v) is 0.924. The first-order valence-electron chi connectivity index (χ1n) is 3.07. The smallest absolute Gasteiger partial charge is 0.333 e. The molecule has 0 aliphatic rings. The highest BCUT2D eigenvalue weighted by Crippen LogP contribution is 2.09. The van der Waals surface area contributed by atoms with Crippen LogP contribution in [0.4, 0.5) is 0 Å². The fourth-order valence-corrected chi connectivity index (χ4v) is 0.375. The molecule has 11 heavy (non-hydrogen) atoms. The molecule has 0 aliphatic carbocycles. The molecule has 0 spiro atoms. The summed E-state index contributed by atoms with van der Waals surface area (Å²) >= 11 is 5.33. The summed E-state index contributed by atoms with van der Waals surface area (Å²) < 4.78 is 4.55. The summed E-state index contributed by atoms with van der Waals surface area (Å²) in [6.07, 6.45) is 0. The van der Waals surface area contributed by atoms with Crippen molar-refractivity contribution < 1.29 is 14.6 Å². The molecule has 0 aromatic carbocycles. The Balaban J connectivity index is 3.73. The predicted octanol–water partition coefficient (Wildman–Crippen LogP) is 1.05. The molecular weight excluding hydrogens is 168 g/mol. The Kier molecular flexibility index (Phi) is 3.55. The van der Waals surface area contributed by atoms with Crippen molar-refractivity contribution in [1.29, 1.82) is 0 Å². The SMILES string of the molecule is C=C(C)C(=O)OCC(C)(O)Cl. The van der Waals surface area contributed by atoms with Crippen LogP contribution in [0.25, 0.3) is 0 Å². The highest BCUT2D eigenvalue weighted by Gasteiger charge is 2.18. The molecule has 0 saturated heterocycles. The van der Waals surface area contributed by atoms with Gasteiger partial charge in [-0.3, -0.25) is 0 Å². The van der Waals surface area contributed by atoms with Gasteiger partial charge in [0.1, 0.15) is 6.61 Å². The normalized spacial score (nSPS) is 15.3. The lowest BCUT2D eigenvalue weighted by molar-refractivity contribution is -0.142. The minimum absolute atomic E-state index is 0.236. The van der Waals surface area contributed by atoms with Gasteiger partial charge in [0.05, 0.1) is 0 Å². The zero-order valence-electron chi connectivity index (χ0n) is 6.56. The Morgan fingerprint density at radius 1 is 1.82 bits per heavy atom. The van der Waals surface area contributed by atoms with Crippen LogP contribution in [0.3, 0.4) is 0 Å². The van der Waals surface area contributed by atoms with E-state index in [1.54, 1.807) is 0 Å². The number of esters is 1. The first-order chi connectivity index (χ1) is 4.83. The molecule has 0 bridgehead atoms. The van der Waals surface area contributed by atoms with Crippen molar-refractivity contribution in [1.82, 2.24) is 0 Å². The van der Waals surface area contributed by atoms with Crippen molar-refractivity contribution in [2.45, 2.75) is 18.9 Å². The molecule has 0 rings (SSSR count). The molecule has 1 atom stereocenters. The topological polar surface area (TPSA) is 46.5 Å². The van der Waals surface area contributed by atoms with Crippen LogP contribution in [0.5, 0.6) is 0 Å². The van der Waals surface area contributed by atoms with E-state index in [1.807, 2.05) is 0 Å². The third kappa shape index (κ3) is 5.88. The fraction of sp³-hybridized carbons (Fsp3) is 0.571. The fourth-order valence-electron chi connectivity index (χ4n) is 0.320. The number of halogens is 1. The maximum atomic E-state index is 10.7. The summed E-state index contributed by atoms with van der Waals surface area (Å²) in [6, 6.07) is 0. The maximum absolute atomic E-state index is 10.7. The van der Waals surface area contributed by atoms with E-state index in [0.29, 0.717) is 0 Å². The molecule has 0 saturated carbocycles. The lowest BCUT2D eigenvalue weighted by Gasteiger charge is -2.13. The molecule has 0 aromatic rings. The first kappa shape index (κ1) is 10.5. The van der Waals surface area contributed by atoms with Crippen LogP contribution in [-0.4, -0.2) is 22.7 Å². The van der Waals surface area contributed by atoms with Gasteiger partial charge in [-0.05, 0) is 13.8 Å². The van der Waals surface area contributed by atoms with Crippen LogP contribution < -0.4 is 0 Å². The molecule has 1 N–H and O–H groups in total. The zero-order valence-corrected chi connectivity index (χ0v) is 7.31. The number of aliphatic hydroxyl groups is 1. The molecule has 1 unspecified atom stereocenters. The number of rotatable bonds is 3. The Morgan fingerprint density at radius 3 is 2.55 bits per heavy atom. The van der Waals surface area contributed by atoms with E-state index in [2.05, 4.69) is 11.3 Å². The highest BCUT2D eigenvalue weighted by molar-refractivity contribution is 6.22. The third-order valence-electron chi connectivity index (χ3n) is 0.815. The summed E-state index contributed by atoms with van der Waals surface area (Å²) in [7, 11) is 0. The Hall–Kier alpha value is -0.540. The molecule has 4 heteroatoms. The van der Waals surface area contributed by atoms with Gasteiger partial charge in [0, 0.05) is 5.57 Å². The lowest BCUT2D eigenvalue weighted by atomic mass is 10.3. The summed E-state index contributed by atoms with van der Waals surface area (Å²) in [5.41, 5.74) is 0.283. The maximum Gasteiger partial charge on any atom is 0.333 e. The van der Waals surface area contributed by atoms with Crippen LogP contribution in [-0.2, 0) is 9.53 Å². The minimum atomic E-state index is -1.49. The predicted molar refractivity (Wildman–Crippen MR) is 42.2 cm³/mol. The Labute approximate surface area is 70.6 Å². The van der Waals surface area contributed by atoms with Gasteiger partial charge in [-0.25, -0.2) is 4.79 Å². The van der Waals surface area contributed by atoms with Crippen LogP contribution in [0.1, 0.15) is 13.8 Å². The first-order valence-corrected chi connectivity index (χ1v) is 3.44. The zero-order chi connectivity index (χ0) is 9.07. The van der Waals surface area contributed by atoms with Crippen LogP contribution in [0.2, 0.25) is 0 Å². The van der Waals surface area contributed by atoms with E-state index in [4.69, 9.17) is 16.7 Å². The second-order valence-corrected chi connectivity index (χ2v) is 3.31. The van der Waals surface area contributed by atoms with E-state index >= 15 is 0 Å². The Bertz CT molecular complexity index is 169. The average Bonchev–Trinajstić information content (AvgIpc) is 1.80. The molecule has 0 aliphatic heterocycles. The van der Waals surface area contributed by atoms with E-state index in [9.17, 15) is 4.79 Å². The largest absolute Gasteiger partial charge is 0.458 e. The average molecular weight is 179 g/mol. The Morgan fingerprint density at radius 2 is 2.27 bits per heavy atom. The molecule has 0 fully saturated rings. The molecule has 64 valence electrons. The number of carbonyl (C=O) groups excluding carboxylic acids is 1. The van der Waals surface area contributed by atoms with E-state index in [0.717, 1.165) is 0 Å². The minimum Gasteiger partial charge on any atom is -0.458 e. The second-order valence-electron chi connectivity index (χ2n) is 2.50. The number of hydrogen-bond acceptors (Lipinski definition) is 3. The molecule has 0 heterocycles. The number of ether oxygens (including phenoxy) is 1. The van der Waals surface area contributed by atoms with E-state index < -0.39 is 11.0 Å². The highest BCUT2D eigenvalue weighted by atomic mass is 35.5. The summed E-state index contributed by atoms with van der Waals surface area (Å²) in [6.45, 7) is 5.97. The second kappa shape index (κ2) is 3.74. The van der Waals surface area contributed by atoms with Gasteiger partial charge in [0.2, 0.25) is 0 Å². The van der Waals surface area contributed by atoms with Crippen LogP contribution in [0.15, 0.2) is 12.2 Å². The molecule has 3 nitrogen and oxygen atoms in total. The molecule has 0 amide bonds. The van der Waals surface area contributed by atoms with Crippen LogP contribution >= 0.6 is 11.6 Å². The molecular formula is C7H11ClO3. The summed E-state index contributed by atoms with van der Waals surface area (Å²) in [5, 5.41) is 7.41. The van der Waals surface area contributed by atoms with Gasteiger partial charge in [0.15, 0.2) is 5.06 Å². The van der Waals surface area contributed by atoms with Gasteiger partial charge in [-0.1, -0.05) is 18.2 Å². The monoisotopic (exact) mass is 178 g/mol. The van der Waals surface area contributed by atoms with Crippen molar-refractivity contribution in [3.8, 4) is 0 Å². The van der Waals surface area contributed by atoms with Gasteiger partial charge >= 0.3 is 5.97 Å².